The third kappa shape index (κ3) is 11.7. The van der Waals surface area contributed by atoms with Crippen LogP contribution in [0.1, 0.15) is 70.7 Å². The van der Waals surface area contributed by atoms with Gasteiger partial charge in [-0.3, -0.25) is 0 Å². The van der Waals surface area contributed by atoms with Crippen molar-refractivity contribution < 1.29 is 14.3 Å². The van der Waals surface area contributed by atoms with E-state index in [9.17, 15) is 4.79 Å². The highest BCUT2D eigenvalue weighted by molar-refractivity contribution is 7.99. The van der Waals surface area contributed by atoms with Gasteiger partial charge in [0.15, 0.2) is 6.79 Å². The van der Waals surface area contributed by atoms with Crippen LogP contribution in [0, 0.1) is 0 Å². The number of carbonyl (C=O) groups is 1. The molecule has 0 N–H and O–H groups in total. The first-order valence-corrected chi connectivity index (χ1v) is 11.3. The molecule has 0 aliphatic rings. The average Bonchev–Trinajstić information content (AvgIpc) is 2.68. The molecular weight excluding hydrogens is 380 g/mol. The molecule has 0 saturated carbocycles. The third-order valence-corrected chi connectivity index (χ3v) is 5.38. The molecule has 3 nitrogen and oxygen atoms in total. The Labute approximate surface area is 181 Å². The van der Waals surface area contributed by atoms with Crippen LogP contribution < -0.4 is 0 Å². The molecule has 0 atom stereocenters. The van der Waals surface area contributed by atoms with Crippen LogP contribution in [0.15, 0.2) is 64.1 Å². The summed E-state index contributed by atoms with van der Waals surface area (Å²) in [4.78, 5) is 13.2. The molecule has 0 bridgehead atoms. The minimum absolute atomic E-state index is 0.00534. The van der Waals surface area contributed by atoms with E-state index in [1.165, 1.54) is 16.7 Å². The highest BCUT2D eigenvalue weighted by Gasteiger charge is 2.12. The van der Waals surface area contributed by atoms with Gasteiger partial charge in [-0.05, 0) is 72.4 Å². The Morgan fingerprint density at radius 1 is 0.966 bits per heavy atom. The van der Waals surface area contributed by atoms with E-state index in [4.69, 9.17) is 9.47 Å². The summed E-state index contributed by atoms with van der Waals surface area (Å²) < 4.78 is 10.3. The molecule has 29 heavy (non-hydrogen) atoms. The van der Waals surface area contributed by atoms with Crippen molar-refractivity contribution in [3.8, 4) is 0 Å². The van der Waals surface area contributed by atoms with Gasteiger partial charge >= 0.3 is 5.97 Å². The van der Waals surface area contributed by atoms with E-state index < -0.39 is 0 Å². The molecule has 0 heterocycles. The fourth-order valence-corrected chi connectivity index (χ4v) is 3.66. The standard InChI is InChI=1S/C25H36O3S/c1-6-27-19-28-25(26)23-15-7-8-16-24(23)29-18-17-22(5)14-10-13-21(4)12-9-11-20(2)3/h7-8,11,13,15-17H,6,9-10,12,14,18-19H2,1-5H3. The lowest BCUT2D eigenvalue weighted by atomic mass is 10.1. The lowest BCUT2D eigenvalue weighted by Gasteiger charge is -2.08. The first-order chi connectivity index (χ1) is 13.9. The molecule has 160 valence electrons. The normalized spacial score (nSPS) is 12.0. The second-order valence-electron chi connectivity index (χ2n) is 7.31. The highest BCUT2D eigenvalue weighted by atomic mass is 32.2. The second kappa shape index (κ2) is 15.1. The van der Waals surface area contributed by atoms with Gasteiger partial charge in [0.05, 0.1) is 5.56 Å². The second-order valence-corrected chi connectivity index (χ2v) is 8.37. The first kappa shape index (κ1) is 25.3. The van der Waals surface area contributed by atoms with Gasteiger partial charge < -0.3 is 9.47 Å². The molecule has 1 aromatic rings. The molecular formula is C25H36O3S. The summed E-state index contributed by atoms with van der Waals surface area (Å²) in [6.45, 7) is 11.1. The molecule has 0 saturated heterocycles. The van der Waals surface area contributed by atoms with Gasteiger partial charge in [0.25, 0.3) is 0 Å². The van der Waals surface area contributed by atoms with Crippen LogP contribution in [0.2, 0.25) is 0 Å². The Morgan fingerprint density at radius 2 is 1.62 bits per heavy atom. The Bertz CT molecular complexity index is 713. The molecule has 0 radical (unpaired) electrons. The summed E-state index contributed by atoms with van der Waals surface area (Å²) in [6, 6.07) is 7.56. The quantitative estimate of drug-likeness (QED) is 0.111. The predicted molar refractivity (Wildman–Crippen MR) is 124 cm³/mol. The molecule has 0 amide bonds. The minimum atomic E-state index is -0.337. The minimum Gasteiger partial charge on any atom is -0.435 e. The number of carbonyl (C=O) groups excluding carboxylic acids is 1. The van der Waals surface area contributed by atoms with E-state index in [-0.39, 0.29) is 12.8 Å². The van der Waals surface area contributed by atoms with Crippen molar-refractivity contribution in [1.82, 2.24) is 0 Å². The molecule has 0 aliphatic carbocycles. The van der Waals surface area contributed by atoms with Crippen LogP contribution in [0.3, 0.4) is 0 Å². The van der Waals surface area contributed by atoms with Gasteiger partial charge in [0, 0.05) is 17.3 Å². The van der Waals surface area contributed by atoms with Crippen molar-refractivity contribution >= 4 is 17.7 Å². The number of thioether (sulfide) groups is 1. The molecule has 0 spiro atoms. The largest absolute Gasteiger partial charge is 0.435 e. The summed E-state index contributed by atoms with van der Waals surface area (Å²) >= 11 is 1.66. The molecule has 0 aliphatic heterocycles. The number of ether oxygens (including phenoxy) is 2. The van der Waals surface area contributed by atoms with Crippen LogP contribution in [0.4, 0.5) is 0 Å². The zero-order valence-corrected chi connectivity index (χ0v) is 19.4. The summed E-state index contributed by atoms with van der Waals surface area (Å²) in [5.74, 6) is 0.501. The van der Waals surface area contributed by atoms with Crippen LogP contribution in [-0.2, 0) is 9.47 Å². The van der Waals surface area contributed by atoms with E-state index in [1.54, 1.807) is 17.8 Å². The van der Waals surface area contributed by atoms with E-state index in [0.29, 0.717) is 12.2 Å². The smallest absolute Gasteiger partial charge is 0.341 e. The van der Waals surface area contributed by atoms with Gasteiger partial charge in [-0.25, -0.2) is 4.79 Å². The van der Waals surface area contributed by atoms with E-state index in [1.807, 2.05) is 25.1 Å². The van der Waals surface area contributed by atoms with Crippen LogP contribution in [0.5, 0.6) is 0 Å². The summed E-state index contributed by atoms with van der Waals surface area (Å²) in [5.41, 5.74) is 4.82. The SMILES string of the molecule is CCOCOC(=O)c1ccccc1SCC=C(C)CCC=C(C)CCC=C(C)C. The van der Waals surface area contributed by atoms with Crippen molar-refractivity contribution in [3.63, 3.8) is 0 Å². The van der Waals surface area contributed by atoms with Crippen molar-refractivity contribution in [1.29, 1.82) is 0 Å². The van der Waals surface area contributed by atoms with Crippen molar-refractivity contribution in [2.24, 2.45) is 0 Å². The fraction of sp³-hybridized carbons (Fsp3) is 0.480. The maximum Gasteiger partial charge on any atom is 0.341 e. The van der Waals surface area contributed by atoms with Crippen molar-refractivity contribution in [2.45, 2.75) is 65.2 Å². The Hall–Kier alpha value is -1.78. The molecule has 1 rings (SSSR count). The molecule has 0 aromatic heterocycles. The maximum atomic E-state index is 12.2. The molecule has 4 heteroatoms. The maximum absolute atomic E-state index is 12.2. The van der Waals surface area contributed by atoms with Gasteiger partial charge in [-0.2, -0.15) is 0 Å². The topological polar surface area (TPSA) is 35.5 Å². The first-order valence-electron chi connectivity index (χ1n) is 10.3. The predicted octanol–water partition coefficient (Wildman–Crippen LogP) is 7.35. The number of hydrogen-bond acceptors (Lipinski definition) is 4. The highest BCUT2D eigenvalue weighted by Crippen LogP contribution is 2.24. The number of hydrogen-bond donors (Lipinski definition) is 0. The third-order valence-electron chi connectivity index (χ3n) is 4.38. The monoisotopic (exact) mass is 416 g/mol. The Morgan fingerprint density at radius 3 is 2.31 bits per heavy atom. The van der Waals surface area contributed by atoms with E-state index in [0.717, 1.165) is 36.3 Å². The average molecular weight is 417 g/mol. The number of benzene rings is 1. The fourth-order valence-electron chi connectivity index (χ4n) is 2.63. The van der Waals surface area contributed by atoms with Crippen LogP contribution in [0.25, 0.3) is 0 Å². The van der Waals surface area contributed by atoms with Crippen LogP contribution in [-0.4, -0.2) is 25.1 Å². The van der Waals surface area contributed by atoms with Crippen molar-refractivity contribution in [2.75, 3.05) is 19.2 Å². The van der Waals surface area contributed by atoms with Gasteiger partial charge in [0.2, 0.25) is 0 Å². The Balaban J connectivity index is 2.46. The zero-order valence-electron chi connectivity index (χ0n) is 18.6. The lowest BCUT2D eigenvalue weighted by molar-refractivity contribution is -0.0277. The molecule has 0 unspecified atom stereocenters. The zero-order chi connectivity index (χ0) is 21.5. The van der Waals surface area contributed by atoms with Gasteiger partial charge in [-0.1, -0.05) is 47.1 Å². The lowest BCUT2D eigenvalue weighted by Crippen LogP contribution is -2.09. The van der Waals surface area contributed by atoms with Crippen molar-refractivity contribution in [3.05, 3.63) is 64.8 Å². The van der Waals surface area contributed by atoms with Gasteiger partial charge in [-0.15, -0.1) is 11.8 Å². The Kier molecular flexibility index (Phi) is 13.2. The number of rotatable bonds is 13. The summed E-state index contributed by atoms with van der Waals surface area (Å²) in [5, 5.41) is 0. The van der Waals surface area contributed by atoms with Crippen LogP contribution >= 0.6 is 11.8 Å². The van der Waals surface area contributed by atoms with Gasteiger partial charge in [0.1, 0.15) is 0 Å². The van der Waals surface area contributed by atoms with E-state index >= 15 is 0 Å². The summed E-state index contributed by atoms with van der Waals surface area (Å²) in [6.07, 6.45) is 11.3. The summed E-state index contributed by atoms with van der Waals surface area (Å²) in [7, 11) is 0. The van der Waals surface area contributed by atoms with E-state index in [2.05, 4.69) is 45.9 Å². The molecule has 1 aromatic carbocycles. The number of allylic oxidation sites excluding steroid dienone is 5. The molecule has 0 fully saturated rings. The number of esters is 1.